The summed E-state index contributed by atoms with van der Waals surface area (Å²) in [6.07, 6.45) is 0. The number of rotatable bonds is 3. The Morgan fingerprint density at radius 2 is 1.42 bits per heavy atom. The standard InChI is InChI=1S/C22H19NO3/c1-14-13-18-20(19(15(14)2)21(23)24)26-22(25-18,16-9-5-3-6-10-16)17-11-7-4-8-12-17/h3-13H,1-2H3,(H2,23,24). The van der Waals surface area contributed by atoms with E-state index in [0.29, 0.717) is 17.1 Å². The molecule has 0 radical (unpaired) electrons. The van der Waals surface area contributed by atoms with E-state index in [9.17, 15) is 4.79 Å². The molecule has 0 saturated carbocycles. The van der Waals surface area contributed by atoms with Gasteiger partial charge in [0.25, 0.3) is 5.91 Å². The maximum absolute atomic E-state index is 12.1. The zero-order valence-corrected chi connectivity index (χ0v) is 14.7. The molecule has 0 bridgehead atoms. The smallest absolute Gasteiger partial charge is 0.305 e. The van der Waals surface area contributed by atoms with Crippen LogP contribution in [0.25, 0.3) is 0 Å². The van der Waals surface area contributed by atoms with Crippen molar-refractivity contribution < 1.29 is 14.3 Å². The lowest BCUT2D eigenvalue weighted by Gasteiger charge is -2.28. The molecular weight excluding hydrogens is 326 g/mol. The largest absolute Gasteiger partial charge is 0.440 e. The number of fused-ring (bicyclic) bond motifs is 1. The Balaban J connectivity index is 1.96. The SMILES string of the molecule is Cc1cc2c(c(C(N)=O)c1C)OC(c1ccccc1)(c1ccccc1)O2. The normalized spacial score (nSPS) is 14.2. The van der Waals surface area contributed by atoms with Crippen LogP contribution in [-0.2, 0) is 5.79 Å². The summed E-state index contributed by atoms with van der Waals surface area (Å²) >= 11 is 0. The van der Waals surface area contributed by atoms with Crippen LogP contribution < -0.4 is 15.2 Å². The first kappa shape index (κ1) is 16.2. The van der Waals surface area contributed by atoms with Gasteiger partial charge >= 0.3 is 5.79 Å². The van der Waals surface area contributed by atoms with Crippen LogP contribution in [0.5, 0.6) is 11.5 Å². The fourth-order valence-electron chi connectivity index (χ4n) is 3.37. The van der Waals surface area contributed by atoms with Gasteiger partial charge in [-0.2, -0.15) is 0 Å². The van der Waals surface area contributed by atoms with Gasteiger partial charge in [-0.05, 0) is 31.0 Å². The Kier molecular flexibility index (Phi) is 3.69. The molecule has 0 spiro atoms. The van der Waals surface area contributed by atoms with Gasteiger partial charge in [-0.1, -0.05) is 60.7 Å². The van der Waals surface area contributed by atoms with Crippen molar-refractivity contribution in [1.29, 1.82) is 0 Å². The number of hydrogen-bond donors (Lipinski definition) is 1. The summed E-state index contributed by atoms with van der Waals surface area (Å²) in [5.74, 6) is -0.763. The van der Waals surface area contributed by atoms with Gasteiger partial charge in [-0.15, -0.1) is 0 Å². The molecule has 4 nitrogen and oxygen atoms in total. The van der Waals surface area contributed by atoms with Gasteiger partial charge < -0.3 is 15.2 Å². The Labute approximate surface area is 152 Å². The van der Waals surface area contributed by atoms with Crippen molar-refractivity contribution in [2.75, 3.05) is 0 Å². The predicted octanol–water partition coefficient (Wildman–Crippen LogP) is 4.07. The third-order valence-corrected chi connectivity index (χ3v) is 4.82. The molecule has 0 fully saturated rings. The monoisotopic (exact) mass is 345 g/mol. The van der Waals surface area contributed by atoms with E-state index in [1.807, 2.05) is 80.6 Å². The third kappa shape index (κ3) is 2.34. The molecule has 0 unspecified atom stereocenters. The van der Waals surface area contributed by atoms with Crippen molar-refractivity contribution >= 4 is 5.91 Å². The van der Waals surface area contributed by atoms with Gasteiger partial charge in [0.2, 0.25) is 0 Å². The number of ether oxygens (including phenoxy) is 2. The Bertz CT molecular complexity index is 942. The predicted molar refractivity (Wildman–Crippen MR) is 99.4 cm³/mol. The average Bonchev–Trinajstić information content (AvgIpc) is 3.03. The highest BCUT2D eigenvalue weighted by Gasteiger charge is 2.47. The summed E-state index contributed by atoms with van der Waals surface area (Å²) in [4.78, 5) is 12.1. The summed E-state index contributed by atoms with van der Waals surface area (Å²) in [5.41, 5.74) is 9.43. The number of amides is 1. The van der Waals surface area contributed by atoms with Crippen molar-refractivity contribution in [3.05, 3.63) is 94.5 Å². The lowest BCUT2D eigenvalue weighted by atomic mass is 9.97. The van der Waals surface area contributed by atoms with E-state index in [0.717, 1.165) is 22.3 Å². The van der Waals surface area contributed by atoms with Gasteiger partial charge in [0.05, 0.1) is 5.56 Å². The number of primary amides is 1. The maximum Gasteiger partial charge on any atom is 0.305 e. The third-order valence-electron chi connectivity index (χ3n) is 4.82. The summed E-state index contributed by atoms with van der Waals surface area (Å²) in [7, 11) is 0. The van der Waals surface area contributed by atoms with Crippen LogP contribution in [-0.4, -0.2) is 5.91 Å². The minimum atomic E-state index is -1.16. The first-order valence-corrected chi connectivity index (χ1v) is 8.46. The first-order chi connectivity index (χ1) is 12.5. The number of nitrogens with two attached hydrogens (primary N) is 1. The zero-order valence-electron chi connectivity index (χ0n) is 14.7. The molecule has 2 N–H and O–H groups in total. The lowest BCUT2D eigenvalue weighted by Crippen LogP contribution is -2.37. The average molecular weight is 345 g/mol. The second-order valence-electron chi connectivity index (χ2n) is 6.44. The molecule has 26 heavy (non-hydrogen) atoms. The minimum absolute atomic E-state index is 0.369. The van der Waals surface area contributed by atoms with E-state index in [1.54, 1.807) is 0 Å². The van der Waals surface area contributed by atoms with Crippen LogP contribution in [0.4, 0.5) is 0 Å². The molecule has 4 rings (SSSR count). The maximum atomic E-state index is 12.1. The van der Waals surface area contributed by atoms with Gasteiger partial charge in [-0.25, -0.2) is 0 Å². The topological polar surface area (TPSA) is 61.6 Å². The second kappa shape index (κ2) is 5.92. The van der Waals surface area contributed by atoms with Crippen molar-refractivity contribution in [2.24, 2.45) is 5.73 Å². The molecular formula is C22H19NO3. The van der Waals surface area contributed by atoms with Crippen molar-refractivity contribution in [3.8, 4) is 11.5 Å². The van der Waals surface area contributed by atoms with Crippen LogP contribution in [0.15, 0.2) is 66.7 Å². The van der Waals surface area contributed by atoms with Crippen LogP contribution in [0, 0.1) is 13.8 Å². The Hall–Kier alpha value is -3.27. The highest BCUT2D eigenvalue weighted by Crippen LogP contribution is 2.50. The van der Waals surface area contributed by atoms with Gasteiger partial charge in [0.15, 0.2) is 11.5 Å². The fraction of sp³-hybridized carbons (Fsp3) is 0.136. The molecule has 1 aliphatic heterocycles. The zero-order chi connectivity index (χ0) is 18.3. The number of aryl methyl sites for hydroxylation is 1. The van der Waals surface area contributed by atoms with Gasteiger partial charge in [-0.3, -0.25) is 4.79 Å². The number of carbonyl (C=O) groups excluding carboxylic acids is 1. The van der Waals surface area contributed by atoms with Crippen molar-refractivity contribution in [3.63, 3.8) is 0 Å². The fourth-order valence-corrected chi connectivity index (χ4v) is 3.37. The molecule has 0 aromatic heterocycles. The van der Waals surface area contributed by atoms with Crippen LogP contribution in [0.1, 0.15) is 32.6 Å². The van der Waals surface area contributed by atoms with E-state index in [1.165, 1.54) is 0 Å². The molecule has 1 heterocycles. The molecule has 0 aliphatic carbocycles. The highest BCUT2D eigenvalue weighted by molar-refractivity contribution is 5.98. The highest BCUT2D eigenvalue weighted by atomic mass is 16.7. The number of carbonyl (C=O) groups is 1. The number of benzene rings is 3. The van der Waals surface area contributed by atoms with Crippen molar-refractivity contribution in [1.82, 2.24) is 0 Å². The second-order valence-corrected chi connectivity index (χ2v) is 6.44. The van der Waals surface area contributed by atoms with E-state index >= 15 is 0 Å². The first-order valence-electron chi connectivity index (χ1n) is 8.46. The molecule has 3 aromatic carbocycles. The lowest BCUT2D eigenvalue weighted by molar-refractivity contribution is -0.0460. The molecule has 0 atom stereocenters. The van der Waals surface area contributed by atoms with Crippen LogP contribution >= 0.6 is 0 Å². The van der Waals surface area contributed by atoms with Gasteiger partial charge in [0, 0.05) is 11.1 Å². The summed E-state index contributed by atoms with van der Waals surface area (Å²) in [5, 5.41) is 0. The number of hydrogen-bond acceptors (Lipinski definition) is 3. The van der Waals surface area contributed by atoms with E-state index in [-0.39, 0.29) is 0 Å². The van der Waals surface area contributed by atoms with Crippen LogP contribution in [0.3, 0.4) is 0 Å². The van der Waals surface area contributed by atoms with Gasteiger partial charge in [0.1, 0.15) is 0 Å². The Morgan fingerprint density at radius 1 is 0.885 bits per heavy atom. The molecule has 1 amide bonds. The summed E-state index contributed by atoms with van der Waals surface area (Å²) < 4.78 is 12.7. The quantitative estimate of drug-likeness (QED) is 0.778. The molecule has 130 valence electrons. The summed E-state index contributed by atoms with van der Waals surface area (Å²) in [6, 6.07) is 21.3. The molecule has 1 aliphatic rings. The van der Waals surface area contributed by atoms with Crippen LogP contribution in [0.2, 0.25) is 0 Å². The molecule has 0 saturated heterocycles. The Morgan fingerprint density at radius 3 is 1.92 bits per heavy atom. The van der Waals surface area contributed by atoms with E-state index in [2.05, 4.69) is 0 Å². The summed E-state index contributed by atoms with van der Waals surface area (Å²) in [6.45, 7) is 3.79. The molecule has 3 aromatic rings. The van der Waals surface area contributed by atoms with E-state index < -0.39 is 11.7 Å². The minimum Gasteiger partial charge on any atom is -0.440 e. The van der Waals surface area contributed by atoms with E-state index in [4.69, 9.17) is 15.2 Å². The molecule has 4 heteroatoms. The van der Waals surface area contributed by atoms with Crippen molar-refractivity contribution in [2.45, 2.75) is 19.6 Å².